The summed E-state index contributed by atoms with van der Waals surface area (Å²) in [4.78, 5) is 11.7. The minimum absolute atomic E-state index is 0.0783. The lowest BCUT2D eigenvalue weighted by molar-refractivity contribution is -0.154. The van der Waals surface area contributed by atoms with Gasteiger partial charge in [-0.3, -0.25) is 9.18 Å². The Morgan fingerprint density at radius 1 is 1.58 bits per heavy atom. The minimum atomic E-state index is -0.317. The van der Waals surface area contributed by atoms with Crippen LogP contribution in [0.5, 0.6) is 0 Å². The highest BCUT2D eigenvalue weighted by molar-refractivity contribution is 5.76. The molecule has 1 rings (SSSR count). The second-order valence-corrected chi connectivity index (χ2v) is 5.19. The van der Waals surface area contributed by atoms with Crippen molar-refractivity contribution < 1.29 is 13.9 Å². The van der Waals surface area contributed by atoms with E-state index in [0.717, 1.165) is 31.3 Å². The van der Waals surface area contributed by atoms with Gasteiger partial charge in [-0.2, -0.15) is 0 Å². The summed E-state index contributed by atoms with van der Waals surface area (Å²) < 4.78 is 15.2. The van der Waals surface area contributed by atoms with Crippen molar-refractivity contribution in [3.05, 3.63) is 24.3 Å². The zero-order valence-electron chi connectivity index (χ0n) is 12.7. The first-order valence-corrected chi connectivity index (χ1v) is 6.91. The summed E-state index contributed by atoms with van der Waals surface area (Å²) in [7, 11) is 1.47. The van der Waals surface area contributed by atoms with Crippen molar-refractivity contribution in [3.63, 3.8) is 0 Å². The molecule has 0 amide bonds. The van der Waals surface area contributed by atoms with Crippen LogP contribution in [0.15, 0.2) is 24.3 Å². The predicted molar refractivity (Wildman–Crippen MR) is 77.7 cm³/mol. The van der Waals surface area contributed by atoms with Crippen LogP contribution in [0.2, 0.25) is 0 Å². The maximum Gasteiger partial charge on any atom is 0.311 e. The van der Waals surface area contributed by atoms with Gasteiger partial charge in [-0.15, -0.1) is 0 Å². The summed E-state index contributed by atoms with van der Waals surface area (Å²) in [6, 6.07) is 0. The van der Waals surface area contributed by atoms with Gasteiger partial charge in [-0.1, -0.05) is 30.7 Å². The van der Waals surface area contributed by atoms with E-state index in [-0.39, 0.29) is 18.1 Å². The number of allylic oxidation sites excluding steroid dienone is 3. The molecule has 0 bridgehead atoms. The first-order valence-electron chi connectivity index (χ1n) is 6.91. The molecule has 19 heavy (non-hydrogen) atoms. The van der Waals surface area contributed by atoms with Crippen molar-refractivity contribution >= 4 is 5.97 Å². The molecule has 0 saturated heterocycles. The number of hydrogen-bond donors (Lipinski definition) is 0. The highest BCUT2D eigenvalue weighted by atomic mass is 19.1. The van der Waals surface area contributed by atoms with Gasteiger partial charge in [0.1, 0.15) is 0 Å². The van der Waals surface area contributed by atoms with Crippen molar-refractivity contribution in [3.8, 4) is 0 Å². The van der Waals surface area contributed by atoms with Gasteiger partial charge in [0.2, 0.25) is 0 Å². The molecule has 0 aliphatic heterocycles. The molecular formula is C16H27FO2. The number of ether oxygens (including phenoxy) is 1. The molecule has 1 aliphatic carbocycles. The van der Waals surface area contributed by atoms with Crippen molar-refractivity contribution in [1.82, 2.24) is 0 Å². The Balaban J connectivity index is 0.000000982. The summed E-state index contributed by atoms with van der Waals surface area (Å²) in [5.74, 6) is 0.347. The summed E-state index contributed by atoms with van der Waals surface area (Å²) in [5.41, 5.74) is 0.819. The number of hydrogen-bond acceptors (Lipinski definition) is 2. The lowest BCUT2D eigenvalue weighted by atomic mass is 9.69. The van der Waals surface area contributed by atoms with E-state index < -0.39 is 0 Å². The zero-order valence-corrected chi connectivity index (χ0v) is 12.7. The van der Waals surface area contributed by atoms with Crippen LogP contribution in [0, 0.1) is 11.3 Å². The average Bonchev–Trinajstić information content (AvgIpc) is 2.39. The van der Waals surface area contributed by atoms with Gasteiger partial charge in [-0.25, -0.2) is 0 Å². The Labute approximate surface area is 116 Å². The van der Waals surface area contributed by atoms with Crippen LogP contribution in [-0.2, 0) is 9.53 Å². The van der Waals surface area contributed by atoms with E-state index in [4.69, 9.17) is 4.74 Å². The number of methoxy groups -OCH3 is 1. The fourth-order valence-corrected chi connectivity index (χ4v) is 2.59. The molecular weight excluding hydrogens is 243 g/mol. The number of carbonyl (C=O) groups is 1. The number of rotatable bonds is 3. The monoisotopic (exact) mass is 270 g/mol. The number of carbonyl (C=O) groups excluding carboxylic acids is 1. The SMILES string of the molecule is C=C(/C=C/C)C1CCC[C@@](C)(C(=O)OC)C1.CCF. The van der Waals surface area contributed by atoms with E-state index in [0.29, 0.717) is 5.92 Å². The molecule has 2 atom stereocenters. The van der Waals surface area contributed by atoms with Crippen LogP contribution in [0.3, 0.4) is 0 Å². The second kappa shape index (κ2) is 8.89. The topological polar surface area (TPSA) is 26.3 Å². The molecule has 1 unspecified atom stereocenters. The molecule has 0 radical (unpaired) electrons. The van der Waals surface area contributed by atoms with Gasteiger partial charge in [-0.05, 0) is 46.0 Å². The Bertz CT molecular complexity index is 323. The molecule has 1 aliphatic rings. The smallest absolute Gasteiger partial charge is 0.311 e. The van der Waals surface area contributed by atoms with Crippen LogP contribution >= 0.6 is 0 Å². The quantitative estimate of drug-likeness (QED) is 0.559. The van der Waals surface area contributed by atoms with Gasteiger partial charge in [0, 0.05) is 0 Å². The van der Waals surface area contributed by atoms with Gasteiger partial charge >= 0.3 is 5.97 Å². The molecule has 2 nitrogen and oxygen atoms in total. The summed E-state index contributed by atoms with van der Waals surface area (Å²) >= 11 is 0. The van der Waals surface area contributed by atoms with Gasteiger partial charge in [0.25, 0.3) is 0 Å². The fourth-order valence-electron chi connectivity index (χ4n) is 2.59. The third kappa shape index (κ3) is 5.58. The van der Waals surface area contributed by atoms with Crippen LogP contribution in [0.4, 0.5) is 4.39 Å². The van der Waals surface area contributed by atoms with Gasteiger partial charge < -0.3 is 4.74 Å². The van der Waals surface area contributed by atoms with Crippen LogP contribution in [0.25, 0.3) is 0 Å². The standard InChI is InChI=1S/C14H22O2.C2H5F/c1-5-7-11(2)12-8-6-9-14(3,10-12)13(15)16-4;1-2-3/h5,7,12H,2,6,8-10H2,1,3-4H3;2H2,1H3/b7-5+;/t12?,14-;/m1./s1. The summed E-state index contributed by atoms with van der Waals surface area (Å²) in [6.07, 6.45) is 8.06. The minimum Gasteiger partial charge on any atom is -0.469 e. The van der Waals surface area contributed by atoms with Gasteiger partial charge in [0.05, 0.1) is 19.2 Å². The normalized spacial score (nSPS) is 26.5. The highest BCUT2D eigenvalue weighted by Gasteiger charge is 2.39. The van der Waals surface area contributed by atoms with Crippen molar-refractivity contribution in [2.24, 2.45) is 11.3 Å². The predicted octanol–water partition coefficient (Wildman–Crippen LogP) is 4.46. The fraction of sp³-hybridized carbons (Fsp3) is 0.688. The second-order valence-electron chi connectivity index (χ2n) is 5.19. The lowest BCUT2D eigenvalue weighted by Crippen LogP contribution is -2.35. The maximum absolute atomic E-state index is 11.7. The van der Waals surface area contributed by atoms with E-state index in [2.05, 4.69) is 6.58 Å². The van der Waals surface area contributed by atoms with E-state index >= 15 is 0 Å². The Morgan fingerprint density at radius 2 is 2.16 bits per heavy atom. The van der Waals surface area contributed by atoms with E-state index in [1.54, 1.807) is 0 Å². The molecule has 3 heteroatoms. The molecule has 0 aromatic rings. The molecule has 110 valence electrons. The van der Waals surface area contributed by atoms with Crippen molar-refractivity contribution in [2.45, 2.75) is 46.5 Å². The van der Waals surface area contributed by atoms with Crippen LogP contribution in [-0.4, -0.2) is 19.8 Å². The van der Waals surface area contributed by atoms with E-state index in [9.17, 15) is 9.18 Å². The first-order chi connectivity index (χ1) is 8.95. The Hall–Kier alpha value is -1.12. The largest absolute Gasteiger partial charge is 0.469 e. The molecule has 0 heterocycles. The summed E-state index contributed by atoms with van der Waals surface area (Å²) in [6.45, 7) is 9.29. The Morgan fingerprint density at radius 3 is 2.63 bits per heavy atom. The molecule has 1 saturated carbocycles. The molecule has 0 aromatic carbocycles. The van der Waals surface area contributed by atoms with Crippen molar-refractivity contribution in [2.75, 3.05) is 13.8 Å². The average molecular weight is 270 g/mol. The maximum atomic E-state index is 11.7. The highest BCUT2D eigenvalue weighted by Crippen LogP contribution is 2.42. The lowest BCUT2D eigenvalue weighted by Gasteiger charge is -2.36. The van der Waals surface area contributed by atoms with Gasteiger partial charge in [0.15, 0.2) is 0 Å². The molecule has 0 N–H and O–H groups in total. The molecule has 0 aromatic heterocycles. The number of esters is 1. The summed E-state index contributed by atoms with van der Waals surface area (Å²) in [5, 5.41) is 0. The molecule has 1 fully saturated rings. The van der Waals surface area contributed by atoms with E-state index in [1.807, 2.05) is 26.0 Å². The third-order valence-corrected chi connectivity index (χ3v) is 3.56. The number of halogens is 1. The van der Waals surface area contributed by atoms with Crippen LogP contribution < -0.4 is 0 Å². The molecule has 0 spiro atoms. The Kier molecular flexibility index (Phi) is 8.37. The van der Waals surface area contributed by atoms with Crippen LogP contribution in [0.1, 0.15) is 46.5 Å². The third-order valence-electron chi connectivity index (χ3n) is 3.56. The first kappa shape index (κ1) is 17.9. The van der Waals surface area contributed by atoms with E-state index in [1.165, 1.54) is 14.0 Å². The number of alkyl halides is 1. The van der Waals surface area contributed by atoms with Crippen molar-refractivity contribution in [1.29, 1.82) is 0 Å². The zero-order chi connectivity index (χ0) is 14.9.